The molecule has 154 valence electrons. The molecule has 0 aliphatic rings. The van der Waals surface area contributed by atoms with Gasteiger partial charge in [0.2, 0.25) is 0 Å². The van der Waals surface area contributed by atoms with E-state index in [0.29, 0.717) is 17.2 Å². The van der Waals surface area contributed by atoms with Crippen molar-refractivity contribution in [3.8, 4) is 11.5 Å². The summed E-state index contributed by atoms with van der Waals surface area (Å²) in [4.78, 5) is 25.2. The Kier molecular flexibility index (Phi) is 9.59. The molecule has 0 radical (unpaired) electrons. The highest BCUT2D eigenvalue weighted by atomic mass is 79.9. The van der Waals surface area contributed by atoms with Gasteiger partial charge in [-0.15, -0.1) is 0 Å². The first-order valence-electron chi connectivity index (χ1n) is 8.06. The van der Waals surface area contributed by atoms with E-state index < -0.39 is 13.2 Å². The fraction of sp³-hybridized carbons (Fsp3) is 0.294. The van der Waals surface area contributed by atoms with Gasteiger partial charge in [0, 0.05) is 22.1 Å². The maximum absolute atomic E-state index is 11.3. The van der Waals surface area contributed by atoms with E-state index in [2.05, 4.69) is 37.2 Å². The molecule has 0 saturated carbocycles. The molecule has 28 heavy (non-hydrogen) atoms. The van der Waals surface area contributed by atoms with Crippen LogP contribution in [-0.2, 0) is 4.57 Å². The molecule has 0 spiro atoms. The Morgan fingerprint density at radius 3 is 2.32 bits per heavy atom. The lowest BCUT2D eigenvalue weighted by Crippen LogP contribution is -2.29. The smallest absolute Gasteiger partial charge is 0.314 e. The number of halogens is 2. The molecular weight excluding hydrogens is 519 g/mol. The number of anilines is 1. The van der Waals surface area contributed by atoms with Gasteiger partial charge in [-0.25, -0.2) is 0 Å². The molecule has 0 fully saturated rings. The number of benzene rings is 2. The molecule has 0 aromatic heterocycles. The number of ether oxygens (including phenoxy) is 1. The fourth-order valence-electron chi connectivity index (χ4n) is 1.98. The minimum Gasteiger partial charge on any atom is -0.456 e. The van der Waals surface area contributed by atoms with Crippen LogP contribution >= 0.6 is 40.1 Å². The van der Waals surface area contributed by atoms with Crippen molar-refractivity contribution in [1.29, 1.82) is 0 Å². The first kappa shape index (κ1) is 24.6. The monoisotopic (exact) mass is 538 g/mol. The van der Waals surface area contributed by atoms with Crippen molar-refractivity contribution in [1.82, 2.24) is 0 Å². The first-order chi connectivity index (χ1) is 12.9. The Bertz CT molecular complexity index is 860. The average Bonchev–Trinajstić information content (AvgIpc) is 2.56. The standard InChI is InChI=1S/C17H18Br2N2O3.H3O3P/c1-4-17(2,3)20-14-10-12(6-7-15(14)21(22)23)24-16-8-5-11(18)9-13(16)19;1-4(2)3/h5-10,20H,4H2,1-3H3;4H,(H2,1,2,3). The van der Waals surface area contributed by atoms with Gasteiger partial charge in [-0.3, -0.25) is 14.7 Å². The maximum Gasteiger partial charge on any atom is 0.314 e. The molecule has 8 nitrogen and oxygen atoms in total. The van der Waals surface area contributed by atoms with Crippen LogP contribution in [0.15, 0.2) is 45.3 Å². The summed E-state index contributed by atoms with van der Waals surface area (Å²) in [5, 5.41) is 14.5. The molecule has 0 bridgehead atoms. The lowest BCUT2D eigenvalue weighted by atomic mass is 10.0. The van der Waals surface area contributed by atoms with E-state index in [-0.39, 0.29) is 11.2 Å². The van der Waals surface area contributed by atoms with Crippen LogP contribution in [0.1, 0.15) is 27.2 Å². The van der Waals surface area contributed by atoms with Crippen molar-refractivity contribution in [2.75, 3.05) is 5.32 Å². The molecule has 0 amide bonds. The predicted octanol–water partition coefficient (Wildman–Crippen LogP) is 5.87. The second-order valence-corrected chi connectivity index (χ2v) is 8.59. The minimum absolute atomic E-state index is 0.0266. The Hall–Kier alpha value is -1.45. The van der Waals surface area contributed by atoms with Crippen LogP contribution in [-0.4, -0.2) is 20.2 Å². The third-order valence-corrected chi connectivity index (χ3v) is 4.76. The van der Waals surface area contributed by atoms with Crippen LogP contribution < -0.4 is 10.1 Å². The molecule has 0 heterocycles. The highest BCUT2D eigenvalue weighted by molar-refractivity contribution is 9.11. The van der Waals surface area contributed by atoms with Crippen LogP contribution in [0.5, 0.6) is 11.5 Å². The average molecular weight is 540 g/mol. The summed E-state index contributed by atoms with van der Waals surface area (Å²) in [6, 6.07) is 10.3. The van der Waals surface area contributed by atoms with Gasteiger partial charge in [0.15, 0.2) is 0 Å². The lowest BCUT2D eigenvalue weighted by molar-refractivity contribution is -0.384. The second kappa shape index (κ2) is 10.9. The van der Waals surface area contributed by atoms with E-state index in [1.807, 2.05) is 39.0 Å². The van der Waals surface area contributed by atoms with Crippen LogP contribution in [0.25, 0.3) is 0 Å². The van der Waals surface area contributed by atoms with Gasteiger partial charge in [0.05, 0.1) is 9.40 Å². The predicted molar refractivity (Wildman–Crippen MR) is 116 cm³/mol. The molecule has 0 aliphatic heterocycles. The van der Waals surface area contributed by atoms with E-state index in [9.17, 15) is 10.1 Å². The van der Waals surface area contributed by atoms with Crippen molar-refractivity contribution in [2.24, 2.45) is 0 Å². The Morgan fingerprint density at radius 2 is 1.82 bits per heavy atom. The maximum atomic E-state index is 11.3. The summed E-state index contributed by atoms with van der Waals surface area (Å²) in [5.74, 6) is 1.16. The van der Waals surface area contributed by atoms with Crippen molar-refractivity contribution >= 4 is 51.5 Å². The molecule has 2 aromatic rings. The fourth-order valence-corrected chi connectivity index (χ4v) is 3.10. The van der Waals surface area contributed by atoms with Gasteiger partial charge in [0.1, 0.15) is 17.2 Å². The zero-order valence-electron chi connectivity index (χ0n) is 15.4. The molecule has 0 atom stereocenters. The summed E-state index contributed by atoms with van der Waals surface area (Å²) in [5.41, 5.74) is 0.207. The Morgan fingerprint density at radius 1 is 1.21 bits per heavy atom. The van der Waals surface area contributed by atoms with Gasteiger partial charge in [-0.1, -0.05) is 22.9 Å². The zero-order valence-corrected chi connectivity index (χ0v) is 19.6. The zero-order chi connectivity index (χ0) is 21.5. The van der Waals surface area contributed by atoms with Crippen molar-refractivity contribution in [3.05, 3.63) is 55.5 Å². The molecule has 0 aliphatic carbocycles. The van der Waals surface area contributed by atoms with E-state index in [1.165, 1.54) is 6.07 Å². The number of nitro benzene ring substituents is 1. The van der Waals surface area contributed by atoms with Gasteiger partial charge >= 0.3 is 8.25 Å². The van der Waals surface area contributed by atoms with E-state index in [4.69, 9.17) is 19.1 Å². The third-order valence-electron chi connectivity index (χ3n) is 3.64. The summed E-state index contributed by atoms with van der Waals surface area (Å²) in [7, 11) is -3.13. The number of nitrogens with zero attached hydrogens (tertiary/aromatic N) is 1. The van der Waals surface area contributed by atoms with Crippen LogP contribution in [0.4, 0.5) is 11.4 Å². The van der Waals surface area contributed by atoms with Crippen LogP contribution in [0, 0.1) is 10.1 Å². The topological polar surface area (TPSA) is 122 Å². The van der Waals surface area contributed by atoms with Crippen LogP contribution in [0.3, 0.4) is 0 Å². The molecular formula is C17H21Br2N2O6P. The number of hydrogen-bond donors (Lipinski definition) is 3. The SMILES string of the molecule is CCC(C)(C)Nc1cc(Oc2ccc(Br)cc2Br)ccc1[N+](=O)[O-].O=[PH](O)O. The molecule has 11 heteroatoms. The largest absolute Gasteiger partial charge is 0.456 e. The van der Waals surface area contributed by atoms with Gasteiger partial charge < -0.3 is 19.8 Å². The number of nitro groups is 1. The van der Waals surface area contributed by atoms with E-state index >= 15 is 0 Å². The van der Waals surface area contributed by atoms with Crippen LogP contribution in [0.2, 0.25) is 0 Å². The lowest BCUT2D eigenvalue weighted by Gasteiger charge is -2.26. The highest BCUT2D eigenvalue weighted by Gasteiger charge is 2.22. The van der Waals surface area contributed by atoms with Gasteiger partial charge in [-0.05, 0) is 60.5 Å². The molecule has 0 unspecified atom stereocenters. The highest BCUT2D eigenvalue weighted by Crippen LogP contribution is 2.36. The summed E-state index contributed by atoms with van der Waals surface area (Å²) < 4.78 is 16.3. The van der Waals surface area contributed by atoms with E-state index in [1.54, 1.807) is 12.1 Å². The van der Waals surface area contributed by atoms with Crippen molar-refractivity contribution in [2.45, 2.75) is 32.7 Å². The Balaban J connectivity index is 0.000000892. The van der Waals surface area contributed by atoms with Crippen molar-refractivity contribution in [3.63, 3.8) is 0 Å². The quantitative estimate of drug-likeness (QED) is 0.238. The number of hydrogen-bond acceptors (Lipinski definition) is 5. The summed E-state index contributed by atoms with van der Waals surface area (Å²) in [6.45, 7) is 6.02. The summed E-state index contributed by atoms with van der Waals surface area (Å²) >= 11 is 6.83. The molecule has 3 N–H and O–H groups in total. The van der Waals surface area contributed by atoms with Gasteiger partial charge in [-0.2, -0.15) is 0 Å². The second-order valence-electron chi connectivity index (χ2n) is 6.26. The summed E-state index contributed by atoms with van der Waals surface area (Å²) in [6.07, 6.45) is 0.827. The molecule has 2 aromatic carbocycles. The molecule has 2 rings (SSSR count). The van der Waals surface area contributed by atoms with Gasteiger partial charge in [0.25, 0.3) is 5.69 Å². The third kappa shape index (κ3) is 8.28. The number of nitrogens with one attached hydrogen (secondary N) is 1. The first-order valence-corrected chi connectivity index (χ1v) is 11.0. The van der Waals surface area contributed by atoms with Crippen molar-refractivity contribution < 1.29 is 24.0 Å². The number of rotatable bonds is 6. The van der Waals surface area contributed by atoms with E-state index in [0.717, 1.165) is 15.4 Å². The minimum atomic E-state index is -3.13. The Labute approximate surface area is 180 Å². The normalized spacial score (nSPS) is 10.9. The molecule has 0 saturated heterocycles.